The molecular formula is C103H196N2O13. The van der Waals surface area contributed by atoms with Crippen molar-refractivity contribution in [1.82, 2.24) is 9.80 Å². The Hall–Kier alpha value is -2.40. The molecule has 0 aromatic heterocycles. The summed E-state index contributed by atoms with van der Waals surface area (Å²) in [5.74, 6) is 2.90. The first-order valence-corrected chi connectivity index (χ1v) is 52.0. The molecule has 3 rings (SSSR count). The van der Waals surface area contributed by atoms with Crippen molar-refractivity contribution in [3.8, 4) is 0 Å². The monoisotopic (exact) mass is 1670 g/mol. The maximum absolute atomic E-state index is 13.1. The number of ether oxygens (including phenoxy) is 9. The van der Waals surface area contributed by atoms with Crippen molar-refractivity contribution >= 4 is 23.9 Å². The molecule has 3 aliphatic heterocycles. The summed E-state index contributed by atoms with van der Waals surface area (Å²) in [4.78, 5) is 56.2. The Balaban J connectivity index is 1.28. The smallest absolute Gasteiger partial charge is 0.305 e. The number of nitrogens with zero attached hydrogens (tertiary/aromatic N) is 2. The van der Waals surface area contributed by atoms with E-state index in [0.717, 1.165) is 226 Å². The number of esters is 4. The van der Waals surface area contributed by atoms with Gasteiger partial charge in [-0.15, -0.1) is 0 Å². The molecule has 0 bridgehead atoms. The molecule has 0 amide bonds. The largest absolute Gasteiger partial charge is 0.466 e. The van der Waals surface area contributed by atoms with Crippen molar-refractivity contribution < 1.29 is 61.8 Å². The number of carbonyl (C=O) groups excluding carboxylic acids is 4. The van der Waals surface area contributed by atoms with Gasteiger partial charge in [-0.2, -0.15) is 0 Å². The first-order valence-electron chi connectivity index (χ1n) is 52.0. The highest BCUT2D eigenvalue weighted by atomic mass is 16.8. The Morgan fingerprint density at radius 2 is 0.669 bits per heavy atom. The number of carbonyl (C=O) groups is 4. The molecule has 0 spiro atoms. The summed E-state index contributed by atoms with van der Waals surface area (Å²) in [6.07, 6.45) is 72.6. The number of hydrogen-bond acceptors (Lipinski definition) is 15. The lowest BCUT2D eigenvalue weighted by atomic mass is 9.78. The molecule has 0 aromatic carbocycles. The minimum absolute atomic E-state index is 0.0122. The van der Waals surface area contributed by atoms with E-state index in [1.165, 1.54) is 218 Å². The van der Waals surface area contributed by atoms with Crippen LogP contribution < -0.4 is 0 Å². The van der Waals surface area contributed by atoms with E-state index in [9.17, 15) is 19.2 Å². The third kappa shape index (κ3) is 58.0. The normalized spacial score (nSPS) is 18.9. The predicted molar refractivity (Wildman–Crippen MR) is 492 cm³/mol. The van der Waals surface area contributed by atoms with Crippen molar-refractivity contribution in [3.63, 3.8) is 0 Å². The van der Waals surface area contributed by atoms with Crippen LogP contribution in [0.3, 0.4) is 0 Å². The quantitative estimate of drug-likeness (QED) is 0.0321. The van der Waals surface area contributed by atoms with Crippen molar-refractivity contribution in [2.75, 3.05) is 92.1 Å². The van der Waals surface area contributed by atoms with Gasteiger partial charge in [0.15, 0.2) is 11.6 Å². The molecule has 0 aromatic rings. The standard InChI is InChI=1S/C103H196N2O13/c1-11-20-44-60-92(61-45-21-12-2)70-81-112-99(107)65-49-38-30-34-42-53-75-103(116-89-97(118-103)87-104(18-8)19-9)76-54-43-35-31-39-50-66-100(108)113-82-71-93(62-46-22-13-3)63-55-56-90(10)95(17-7)86-94(59-25-16-6)72-83-114-101(109)67-48-37-29-27-33-41-52-74-102(115-88-96(117-102)68-77-105-78-84-110-85-79-105)73-51-40-32-26-28-36-47-64-98(106)111-80-69-91(57-23-14-4)58-24-15-5/h90-97H,11-89H2,1-10H3. The minimum Gasteiger partial charge on any atom is -0.466 e. The highest BCUT2D eigenvalue weighted by molar-refractivity contribution is 5.70. The molecule has 118 heavy (non-hydrogen) atoms. The van der Waals surface area contributed by atoms with Gasteiger partial charge >= 0.3 is 23.9 Å². The van der Waals surface area contributed by atoms with E-state index in [4.69, 9.17) is 42.6 Å². The zero-order chi connectivity index (χ0) is 85.3. The summed E-state index contributed by atoms with van der Waals surface area (Å²) in [6, 6.07) is 0. The molecule has 3 aliphatic rings. The van der Waals surface area contributed by atoms with Gasteiger partial charge < -0.3 is 47.5 Å². The van der Waals surface area contributed by atoms with Gasteiger partial charge in [-0.25, -0.2) is 0 Å². The number of unbranched alkanes of at least 4 members (excludes halogenated alkanes) is 31. The highest BCUT2D eigenvalue weighted by Gasteiger charge is 2.42. The Bertz CT molecular complexity index is 2270. The Morgan fingerprint density at radius 1 is 0.356 bits per heavy atom. The highest BCUT2D eigenvalue weighted by Crippen LogP contribution is 2.39. The molecule has 0 N–H and O–H groups in total. The van der Waals surface area contributed by atoms with Crippen LogP contribution in [-0.2, 0) is 61.8 Å². The molecule has 15 heteroatoms. The summed E-state index contributed by atoms with van der Waals surface area (Å²) in [5, 5.41) is 0. The van der Waals surface area contributed by atoms with Crippen molar-refractivity contribution in [2.24, 2.45) is 35.5 Å². The SMILES string of the molecule is CCCCCC(CCCCC)CCOC(=O)CCCCCCCCC1(CCCCCCCCC(=O)OCCC(CCCCC)CCCC(C)C(CC)CC(CCCC)CCOC(=O)CCCCCCCCCC2(CCCCCCCCCC(=O)OCCC(CCCC)CCCC)OCC(CCN3CCOCC3)O2)OCC(CN(CC)CC)O1. The van der Waals surface area contributed by atoms with Crippen LogP contribution in [0, 0.1) is 35.5 Å². The molecule has 3 fully saturated rings. The van der Waals surface area contributed by atoms with Crippen molar-refractivity contribution in [1.29, 1.82) is 0 Å². The van der Waals surface area contributed by atoms with Gasteiger partial charge in [0.05, 0.1) is 65.1 Å². The molecule has 8 atom stereocenters. The lowest BCUT2D eigenvalue weighted by molar-refractivity contribution is -0.181. The molecule has 696 valence electrons. The fourth-order valence-corrected chi connectivity index (χ4v) is 19.0. The van der Waals surface area contributed by atoms with Crippen LogP contribution in [-0.4, -0.2) is 150 Å². The third-order valence-electron chi connectivity index (χ3n) is 27.2. The zero-order valence-electron chi connectivity index (χ0n) is 79.7. The van der Waals surface area contributed by atoms with Gasteiger partial charge in [-0.05, 0) is 138 Å². The maximum Gasteiger partial charge on any atom is 0.305 e. The average Bonchev–Trinajstić information content (AvgIpc) is 1.69. The predicted octanol–water partition coefficient (Wildman–Crippen LogP) is 28.3. The topological polar surface area (TPSA) is 158 Å². The van der Waals surface area contributed by atoms with Crippen molar-refractivity contribution in [2.45, 2.75) is 510 Å². The Kier molecular flexibility index (Phi) is 70.6. The van der Waals surface area contributed by atoms with E-state index >= 15 is 0 Å². The van der Waals surface area contributed by atoms with Crippen LogP contribution in [0.1, 0.15) is 487 Å². The molecular weight excluding hydrogens is 1470 g/mol. The number of morpholine rings is 1. The van der Waals surface area contributed by atoms with E-state index in [1.807, 2.05) is 0 Å². The lowest BCUT2D eigenvalue weighted by Crippen LogP contribution is -2.38. The van der Waals surface area contributed by atoms with Crippen LogP contribution in [0.5, 0.6) is 0 Å². The van der Waals surface area contributed by atoms with Crippen LogP contribution in [0.2, 0.25) is 0 Å². The molecule has 0 aliphatic carbocycles. The summed E-state index contributed by atoms with van der Waals surface area (Å²) in [6.45, 7) is 34.3. The first-order chi connectivity index (χ1) is 57.7. The van der Waals surface area contributed by atoms with E-state index in [2.05, 4.69) is 79.0 Å². The zero-order valence-corrected chi connectivity index (χ0v) is 79.7. The Morgan fingerprint density at radius 3 is 1.03 bits per heavy atom. The van der Waals surface area contributed by atoms with Gasteiger partial charge in [-0.3, -0.25) is 24.1 Å². The molecule has 0 saturated carbocycles. The van der Waals surface area contributed by atoms with E-state index < -0.39 is 11.6 Å². The second kappa shape index (κ2) is 75.9. The number of likely N-dealkylation sites (N-methyl/N-ethyl adjacent to an activating group) is 1. The molecule has 8 unspecified atom stereocenters. The molecule has 3 heterocycles. The van der Waals surface area contributed by atoms with E-state index in [0.29, 0.717) is 101 Å². The fraction of sp³-hybridized carbons (Fsp3) is 0.961. The maximum atomic E-state index is 13.1. The third-order valence-corrected chi connectivity index (χ3v) is 27.2. The average molecular weight is 1670 g/mol. The van der Waals surface area contributed by atoms with Gasteiger partial charge in [0.25, 0.3) is 0 Å². The van der Waals surface area contributed by atoms with Gasteiger partial charge in [0.1, 0.15) is 0 Å². The van der Waals surface area contributed by atoms with Gasteiger partial charge in [0.2, 0.25) is 0 Å². The van der Waals surface area contributed by atoms with Gasteiger partial charge in [-0.1, -0.05) is 345 Å². The summed E-state index contributed by atoms with van der Waals surface area (Å²) in [5.41, 5.74) is 0. The second-order valence-electron chi connectivity index (χ2n) is 37.6. The van der Waals surface area contributed by atoms with Crippen LogP contribution >= 0.6 is 0 Å². The molecule has 3 saturated heterocycles. The summed E-state index contributed by atoms with van der Waals surface area (Å²) >= 11 is 0. The number of rotatable bonds is 86. The first kappa shape index (κ1) is 110. The Labute approximate surface area is 729 Å². The lowest BCUT2D eigenvalue weighted by Gasteiger charge is -2.30. The second-order valence-corrected chi connectivity index (χ2v) is 37.6. The number of hydrogen-bond donors (Lipinski definition) is 0. The summed E-state index contributed by atoms with van der Waals surface area (Å²) < 4.78 is 55.9. The van der Waals surface area contributed by atoms with Crippen LogP contribution in [0.25, 0.3) is 0 Å². The van der Waals surface area contributed by atoms with Crippen molar-refractivity contribution in [3.05, 3.63) is 0 Å². The van der Waals surface area contributed by atoms with Crippen LogP contribution in [0.4, 0.5) is 0 Å². The fourth-order valence-electron chi connectivity index (χ4n) is 19.0. The molecule has 15 nitrogen and oxygen atoms in total. The minimum atomic E-state index is -0.478. The van der Waals surface area contributed by atoms with Gasteiger partial charge in [0, 0.05) is 77.5 Å². The summed E-state index contributed by atoms with van der Waals surface area (Å²) in [7, 11) is 0. The van der Waals surface area contributed by atoms with Crippen LogP contribution in [0.15, 0.2) is 0 Å². The van der Waals surface area contributed by atoms with E-state index in [-0.39, 0.29) is 36.1 Å². The molecule has 0 radical (unpaired) electrons. The van der Waals surface area contributed by atoms with E-state index in [1.54, 1.807) is 0 Å².